The lowest BCUT2D eigenvalue weighted by Gasteiger charge is -2.16. The van der Waals surface area contributed by atoms with Gasteiger partial charge >= 0.3 is 6.18 Å². The van der Waals surface area contributed by atoms with Gasteiger partial charge in [-0.1, -0.05) is 6.07 Å². The molecule has 1 fully saturated rings. The SMILES string of the molecule is CCOc1cc(/C=C2\SC(=O)N(CC(=O)Nc3cc(C(F)(F)F)ccc3OC)C2=O)ccc1OCc1ccc([N+](=O)[O-])cc1. The third-order valence-electron chi connectivity index (χ3n) is 6.08. The number of alkyl halides is 3. The maximum Gasteiger partial charge on any atom is 0.416 e. The molecule has 0 saturated carbocycles. The van der Waals surface area contributed by atoms with Gasteiger partial charge in [0.2, 0.25) is 5.91 Å². The van der Waals surface area contributed by atoms with Crippen LogP contribution in [-0.2, 0) is 22.4 Å². The second kappa shape index (κ2) is 13.5. The van der Waals surface area contributed by atoms with Crippen LogP contribution < -0.4 is 19.5 Å². The zero-order valence-electron chi connectivity index (χ0n) is 23.2. The molecule has 0 aliphatic carbocycles. The van der Waals surface area contributed by atoms with E-state index in [0.717, 1.165) is 12.1 Å². The lowest BCUT2D eigenvalue weighted by molar-refractivity contribution is -0.384. The number of ether oxygens (including phenoxy) is 3. The van der Waals surface area contributed by atoms with Crippen LogP contribution >= 0.6 is 11.8 Å². The second-order valence-electron chi connectivity index (χ2n) is 9.08. The lowest BCUT2D eigenvalue weighted by Crippen LogP contribution is -2.36. The van der Waals surface area contributed by atoms with Gasteiger partial charge in [0.15, 0.2) is 11.5 Å². The number of halogens is 3. The molecule has 11 nitrogen and oxygen atoms in total. The largest absolute Gasteiger partial charge is 0.495 e. The Bertz CT molecular complexity index is 1630. The molecule has 1 heterocycles. The molecule has 1 aliphatic heterocycles. The van der Waals surface area contributed by atoms with E-state index in [1.165, 1.54) is 25.3 Å². The highest BCUT2D eigenvalue weighted by molar-refractivity contribution is 8.18. The van der Waals surface area contributed by atoms with E-state index >= 15 is 0 Å². The average Bonchev–Trinajstić information content (AvgIpc) is 3.23. The van der Waals surface area contributed by atoms with Crippen molar-refractivity contribution in [3.8, 4) is 17.2 Å². The van der Waals surface area contributed by atoms with Gasteiger partial charge in [-0.2, -0.15) is 13.2 Å². The summed E-state index contributed by atoms with van der Waals surface area (Å²) in [5, 5.41) is 12.4. The summed E-state index contributed by atoms with van der Waals surface area (Å²) >= 11 is 0.598. The molecule has 3 aromatic carbocycles. The number of anilines is 1. The minimum atomic E-state index is -4.66. The molecule has 4 rings (SSSR count). The zero-order valence-corrected chi connectivity index (χ0v) is 24.0. The number of nitro groups is 1. The first-order valence-corrected chi connectivity index (χ1v) is 13.6. The maximum absolute atomic E-state index is 13.1. The highest BCUT2D eigenvalue weighted by Gasteiger charge is 2.37. The molecule has 3 amide bonds. The number of amides is 3. The van der Waals surface area contributed by atoms with E-state index in [1.54, 1.807) is 37.3 Å². The molecule has 0 unspecified atom stereocenters. The first-order valence-electron chi connectivity index (χ1n) is 12.8. The fourth-order valence-electron chi connectivity index (χ4n) is 3.98. The average molecular weight is 632 g/mol. The predicted octanol–water partition coefficient (Wildman–Crippen LogP) is 6.27. The number of benzene rings is 3. The van der Waals surface area contributed by atoms with Crippen molar-refractivity contribution in [1.29, 1.82) is 0 Å². The molecule has 0 bridgehead atoms. The summed E-state index contributed by atoms with van der Waals surface area (Å²) in [4.78, 5) is 49.2. The molecule has 1 saturated heterocycles. The molecular formula is C29H24F3N3O8S. The first kappa shape index (κ1) is 31.9. The molecule has 1 aliphatic rings. The predicted molar refractivity (Wildman–Crippen MR) is 154 cm³/mol. The fourth-order valence-corrected chi connectivity index (χ4v) is 4.82. The van der Waals surface area contributed by atoms with Crippen LogP contribution in [0.4, 0.5) is 29.3 Å². The van der Waals surface area contributed by atoms with Gasteiger partial charge in [-0.3, -0.25) is 29.4 Å². The number of nitrogens with zero attached hydrogens (tertiary/aromatic N) is 2. The topological polar surface area (TPSA) is 137 Å². The van der Waals surface area contributed by atoms with E-state index in [2.05, 4.69) is 5.32 Å². The van der Waals surface area contributed by atoms with Crippen molar-refractivity contribution in [3.05, 3.63) is 92.4 Å². The van der Waals surface area contributed by atoms with Crippen LogP contribution in [0.3, 0.4) is 0 Å². The van der Waals surface area contributed by atoms with Crippen molar-refractivity contribution in [2.75, 3.05) is 25.6 Å². The Morgan fingerprint density at radius 3 is 2.36 bits per heavy atom. The van der Waals surface area contributed by atoms with Gasteiger partial charge in [0.1, 0.15) is 18.9 Å². The summed E-state index contributed by atoms with van der Waals surface area (Å²) in [7, 11) is 1.22. The minimum Gasteiger partial charge on any atom is -0.495 e. The van der Waals surface area contributed by atoms with Crippen LogP contribution in [0.5, 0.6) is 17.2 Å². The van der Waals surface area contributed by atoms with E-state index in [9.17, 15) is 37.7 Å². The Morgan fingerprint density at radius 1 is 1.02 bits per heavy atom. The van der Waals surface area contributed by atoms with Crippen LogP contribution in [-0.4, -0.2) is 47.1 Å². The zero-order chi connectivity index (χ0) is 32.0. The molecule has 0 radical (unpaired) electrons. The van der Waals surface area contributed by atoms with Gasteiger partial charge in [-0.25, -0.2) is 0 Å². The van der Waals surface area contributed by atoms with Gasteiger partial charge in [-0.15, -0.1) is 0 Å². The Kier molecular flexibility index (Phi) is 9.78. The summed E-state index contributed by atoms with van der Waals surface area (Å²) in [5.41, 5.74) is -0.161. The van der Waals surface area contributed by atoms with Gasteiger partial charge in [0.25, 0.3) is 16.8 Å². The van der Waals surface area contributed by atoms with E-state index in [0.29, 0.717) is 52.0 Å². The Hall–Kier alpha value is -5.05. The molecule has 3 aromatic rings. The van der Waals surface area contributed by atoms with Gasteiger partial charge in [0, 0.05) is 12.1 Å². The number of hydrogen-bond donors (Lipinski definition) is 1. The number of carbonyl (C=O) groups excluding carboxylic acids is 3. The molecule has 230 valence electrons. The number of non-ortho nitro benzene ring substituents is 1. The molecule has 0 aromatic heterocycles. The number of nitrogens with one attached hydrogen (secondary N) is 1. The summed E-state index contributed by atoms with van der Waals surface area (Å²) in [6, 6.07) is 13.2. The Balaban J connectivity index is 1.45. The van der Waals surface area contributed by atoms with E-state index in [1.807, 2.05) is 0 Å². The van der Waals surface area contributed by atoms with Crippen molar-refractivity contribution < 1.29 is 46.7 Å². The van der Waals surface area contributed by atoms with Gasteiger partial charge in [0.05, 0.1) is 34.8 Å². The number of rotatable bonds is 11. The quantitative estimate of drug-likeness (QED) is 0.147. The first-order chi connectivity index (χ1) is 20.9. The van der Waals surface area contributed by atoms with Crippen molar-refractivity contribution in [1.82, 2.24) is 4.90 Å². The third-order valence-corrected chi connectivity index (χ3v) is 6.99. The molecule has 1 N–H and O–H groups in total. The van der Waals surface area contributed by atoms with Crippen LogP contribution in [0.15, 0.2) is 65.6 Å². The molecule has 0 atom stereocenters. The molecule has 44 heavy (non-hydrogen) atoms. The van der Waals surface area contributed by atoms with Gasteiger partial charge in [-0.05, 0) is 78.4 Å². The summed E-state index contributed by atoms with van der Waals surface area (Å²) < 4.78 is 55.9. The van der Waals surface area contributed by atoms with Crippen molar-refractivity contribution in [3.63, 3.8) is 0 Å². The summed E-state index contributed by atoms with van der Waals surface area (Å²) in [5.74, 6) is -0.985. The number of methoxy groups -OCH3 is 1. The number of imide groups is 1. The van der Waals surface area contributed by atoms with Crippen molar-refractivity contribution in [2.24, 2.45) is 0 Å². The number of thioether (sulfide) groups is 1. The van der Waals surface area contributed by atoms with E-state index in [4.69, 9.17) is 14.2 Å². The normalized spacial score (nSPS) is 14.1. The fraction of sp³-hybridized carbons (Fsp3) is 0.207. The Morgan fingerprint density at radius 2 is 1.73 bits per heavy atom. The highest BCUT2D eigenvalue weighted by Crippen LogP contribution is 2.37. The van der Waals surface area contributed by atoms with E-state index < -0.39 is 40.3 Å². The standard InChI is InChI=1S/C29H24F3N3O8S/c1-3-42-24-12-18(6-10-23(24)43-16-17-4-8-20(9-5-17)35(39)40)13-25-27(37)34(28(38)44-25)15-26(36)33-21-14-19(29(30,31)32)7-11-22(21)41-2/h4-14H,3,15-16H2,1-2H3,(H,33,36)/b25-13-. The smallest absolute Gasteiger partial charge is 0.416 e. The Labute approximate surface area is 252 Å². The second-order valence-corrected chi connectivity index (χ2v) is 10.1. The van der Waals surface area contributed by atoms with Crippen molar-refractivity contribution in [2.45, 2.75) is 19.7 Å². The number of hydrogen-bond acceptors (Lipinski definition) is 9. The minimum absolute atomic E-state index is 0.0152. The third kappa shape index (κ3) is 7.66. The molecule has 0 spiro atoms. The highest BCUT2D eigenvalue weighted by atomic mass is 32.2. The van der Waals surface area contributed by atoms with Crippen LogP contribution in [0.1, 0.15) is 23.6 Å². The number of nitro benzene ring substituents is 1. The van der Waals surface area contributed by atoms with Crippen LogP contribution in [0.2, 0.25) is 0 Å². The summed E-state index contributed by atoms with van der Waals surface area (Å²) in [6.45, 7) is 1.42. The maximum atomic E-state index is 13.1. The number of carbonyl (C=O) groups is 3. The summed E-state index contributed by atoms with van der Waals surface area (Å²) in [6.07, 6.45) is -3.23. The van der Waals surface area contributed by atoms with Crippen LogP contribution in [0, 0.1) is 10.1 Å². The lowest BCUT2D eigenvalue weighted by atomic mass is 10.1. The van der Waals surface area contributed by atoms with Crippen LogP contribution in [0.25, 0.3) is 6.08 Å². The molecular weight excluding hydrogens is 607 g/mol. The van der Waals surface area contributed by atoms with E-state index in [-0.39, 0.29) is 28.6 Å². The molecule has 15 heteroatoms. The van der Waals surface area contributed by atoms with Crippen molar-refractivity contribution >= 4 is 46.3 Å². The van der Waals surface area contributed by atoms with Gasteiger partial charge < -0.3 is 19.5 Å². The monoisotopic (exact) mass is 631 g/mol.